The summed E-state index contributed by atoms with van der Waals surface area (Å²) in [4.78, 5) is 21.4. The number of benzene rings is 1. The van der Waals surface area contributed by atoms with Gasteiger partial charge in [-0.15, -0.1) is 0 Å². The minimum Gasteiger partial charge on any atom is -0.372 e. The number of amides is 1. The number of carbonyl (C=O) groups is 1. The Balaban J connectivity index is 1.33. The Morgan fingerprint density at radius 3 is 2.80 bits per heavy atom. The van der Waals surface area contributed by atoms with Gasteiger partial charge in [0.25, 0.3) is 0 Å². The Hall–Kier alpha value is -2.93. The molecule has 5 rings (SSSR count). The maximum atomic E-state index is 12.7. The van der Waals surface area contributed by atoms with E-state index in [0.717, 1.165) is 42.9 Å². The van der Waals surface area contributed by atoms with Gasteiger partial charge in [-0.05, 0) is 31.9 Å². The summed E-state index contributed by atoms with van der Waals surface area (Å²) in [6, 6.07) is 12.2. The molecule has 1 aromatic carbocycles. The molecular weight excluding hydrogens is 380 g/mol. The number of pyridine rings is 1. The van der Waals surface area contributed by atoms with Crippen LogP contribution in [0.1, 0.15) is 30.7 Å². The van der Waals surface area contributed by atoms with Gasteiger partial charge >= 0.3 is 0 Å². The van der Waals surface area contributed by atoms with E-state index in [2.05, 4.69) is 33.2 Å². The molecule has 7 nitrogen and oxygen atoms in total. The molecule has 1 spiro atoms. The summed E-state index contributed by atoms with van der Waals surface area (Å²) in [5, 5.41) is 5.12. The van der Waals surface area contributed by atoms with E-state index >= 15 is 0 Å². The van der Waals surface area contributed by atoms with Crippen LogP contribution in [0.4, 0.5) is 5.69 Å². The number of carbonyl (C=O) groups excluding carboxylic acids is 1. The number of aromatic nitrogens is 2. The summed E-state index contributed by atoms with van der Waals surface area (Å²) in [7, 11) is 0. The molecule has 2 aromatic heterocycles. The van der Waals surface area contributed by atoms with Gasteiger partial charge in [0.15, 0.2) is 5.76 Å². The molecule has 0 radical (unpaired) electrons. The van der Waals surface area contributed by atoms with E-state index in [1.165, 1.54) is 11.1 Å². The monoisotopic (exact) mass is 406 g/mol. The average molecular weight is 406 g/mol. The second-order valence-corrected chi connectivity index (χ2v) is 8.30. The predicted molar refractivity (Wildman–Crippen MR) is 113 cm³/mol. The van der Waals surface area contributed by atoms with E-state index in [1.54, 1.807) is 0 Å². The van der Waals surface area contributed by atoms with Crippen LogP contribution in [0.15, 0.2) is 47.1 Å². The summed E-state index contributed by atoms with van der Waals surface area (Å²) in [6.45, 7) is 5.18. The van der Waals surface area contributed by atoms with Crippen LogP contribution in [-0.2, 0) is 16.1 Å². The lowest BCUT2D eigenvalue weighted by molar-refractivity contribution is -0.132. The van der Waals surface area contributed by atoms with Crippen LogP contribution >= 0.6 is 0 Å². The van der Waals surface area contributed by atoms with Crippen LogP contribution in [0.2, 0.25) is 0 Å². The fourth-order valence-corrected chi connectivity index (χ4v) is 4.63. The molecule has 4 heterocycles. The first-order valence-corrected chi connectivity index (χ1v) is 10.5. The van der Waals surface area contributed by atoms with Gasteiger partial charge in [-0.2, -0.15) is 0 Å². The SMILES string of the molecule is Cc1cc(CN2CC3(CCN(c4ccnc5ccccc45)CC3)OCCC2=O)on1. The quantitative estimate of drug-likeness (QED) is 0.665. The van der Waals surface area contributed by atoms with E-state index < -0.39 is 0 Å². The topological polar surface area (TPSA) is 71.7 Å². The Morgan fingerprint density at radius 2 is 2.00 bits per heavy atom. The van der Waals surface area contributed by atoms with Crippen molar-refractivity contribution < 1.29 is 14.1 Å². The number of rotatable bonds is 3. The molecular formula is C23H26N4O3. The standard InChI is InChI=1S/C23H26N4O3/c1-17-14-18(30-25-17)15-27-16-23(29-13-7-22(27)28)8-11-26(12-9-23)21-6-10-24-20-5-3-2-4-19(20)21/h2-6,10,14H,7-9,11-13,15-16H2,1H3. The molecule has 2 aliphatic rings. The highest BCUT2D eigenvalue weighted by atomic mass is 16.5. The van der Waals surface area contributed by atoms with Crippen molar-refractivity contribution >= 4 is 22.5 Å². The summed E-state index contributed by atoms with van der Waals surface area (Å²) >= 11 is 0. The van der Waals surface area contributed by atoms with Gasteiger partial charge in [0.1, 0.15) is 0 Å². The molecule has 2 aliphatic heterocycles. The van der Waals surface area contributed by atoms with Crippen LogP contribution in [0.3, 0.4) is 0 Å². The van der Waals surface area contributed by atoms with Crippen molar-refractivity contribution in [2.45, 2.75) is 38.3 Å². The Labute approximate surface area is 175 Å². The molecule has 0 atom stereocenters. The summed E-state index contributed by atoms with van der Waals surface area (Å²) in [5.74, 6) is 0.835. The zero-order valence-electron chi connectivity index (χ0n) is 17.2. The first-order chi connectivity index (χ1) is 14.6. The van der Waals surface area contributed by atoms with Crippen LogP contribution in [0.5, 0.6) is 0 Å². The molecule has 0 bridgehead atoms. The summed E-state index contributed by atoms with van der Waals surface area (Å²) < 4.78 is 11.6. The molecule has 156 valence electrons. The van der Waals surface area contributed by atoms with Crippen molar-refractivity contribution in [1.82, 2.24) is 15.0 Å². The summed E-state index contributed by atoms with van der Waals surface area (Å²) in [6.07, 6.45) is 4.04. The van der Waals surface area contributed by atoms with Crippen molar-refractivity contribution in [1.29, 1.82) is 0 Å². The second-order valence-electron chi connectivity index (χ2n) is 8.30. The van der Waals surface area contributed by atoms with E-state index in [1.807, 2.05) is 36.2 Å². The normalized spacial score (nSPS) is 19.4. The zero-order valence-corrected chi connectivity index (χ0v) is 17.2. The van der Waals surface area contributed by atoms with E-state index in [4.69, 9.17) is 9.26 Å². The first kappa shape index (κ1) is 19.1. The average Bonchev–Trinajstić information content (AvgIpc) is 3.11. The Kier molecular flexibility index (Phi) is 4.90. The molecule has 0 N–H and O–H groups in total. The molecule has 2 saturated heterocycles. The van der Waals surface area contributed by atoms with Crippen molar-refractivity contribution in [2.75, 3.05) is 31.1 Å². The van der Waals surface area contributed by atoms with Gasteiger partial charge in [0.2, 0.25) is 5.91 Å². The summed E-state index contributed by atoms with van der Waals surface area (Å²) in [5.41, 5.74) is 2.76. The van der Waals surface area contributed by atoms with Gasteiger partial charge in [0, 0.05) is 36.4 Å². The van der Waals surface area contributed by atoms with Crippen molar-refractivity contribution in [3.8, 4) is 0 Å². The molecule has 0 saturated carbocycles. The van der Waals surface area contributed by atoms with Crippen molar-refractivity contribution in [3.05, 3.63) is 54.0 Å². The first-order valence-electron chi connectivity index (χ1n) is 10.5. The molecule has 0 aliphatic carbocycles. The van der Waals surface area contributed by atoms with Gasteiger partial charge < -0.3 is 19.1 Å². The number of aryl methyl sites for hydroxylation is 1. The zero-order chi connectivity index (χ0) is 20.6. The van der Waals surface area contributed by atoms with Gasteiger partial charge in [-0.3, -0.25) is 9.78 Å². The maximum Gasteiger partial charge on any atom is 0.225 e. The molecule has 7 heteroatoms. The van der Waals surface area contributed by atoms with Crippen LogP contribution < -0.4 is 4.90 Å². The number of anilines is 1. The molecule has 1 amide bonds. The minimum atomic E-state index is -0.305. The second kappa shape index (κ2) is 7.72. The van der Waals surface area contributed by atoms with Crippen LogP contribution in [0, 0.1) is 6.92 Å². The number of piperidine rings is 1. The third kappa shape index (κ3) is 3.65. The van der Waals surface area contributed by atoms with Gasteiger partial charge in [-0.1, -0.05) is 23.4 Å². The highest BCUT2D eigenvalue weighted by Gasteiger charge is 2.40. The number of ether oxygens (including phenoxy) is 1. The van der Waals surface area contributed by atoms with E-state index in [9.17, 15) is 4.79 Å². The van der Waals surface area contributed by atoms with Crippen LogP contribution in [-0.4, -0.2) is 52.8 Å². The lowest BCUT2D eigenvalue weighted by Gasteiger charge is -2.43. The number of nitrogens with zero attached hydrogens (tertiary/aromatic N) is 4. The van der Waals surface area contributed by atoms with Crippen LogP contribution in [0.25, 0.3) is 10.9 Å². The largest absolute Gasteiger partial charge is 0.372 e. The molecule has 0 unspecified atom stereocenters. The maximum absolute atomic E-state index is 12.7. The smallest absolute Gasteiger partial charge is 0.225 e. The highest BCUT2D eigenvalue weighted by molar-refractivity contribution is 5.91. The third-order valence-electron chi connectivity index (χ3n) is 6.22. The fraction of sp³-hybridized carbons (Fsp3) is 0.435. The fourth-order valence-electron chi connectivity index (χ4n) is 4.63. The number of para-hydroxylation sites is 1. The van der Waals surface area contributed by atoms with E-state index in [0.29, 0.717) is 26.1 Å². The lowest BCUT2D eigenvalue weighted by atomic mass is 9.90. The third-order valence-corrected chi connectivity index (χ3v) is 6.22. The number of hydrogen-bond donors (Lipinski definition) is 0. The van der Waals surface area contributed by atoms with Crippen molar-refractivity contribution in [2.24, 2.45) is 0 Å². The van der Waals surface area contributed by atoms with Gasteiger partial charge in [0.05, 0.1) is 42.9 Å². The van der Waals surface area contributed by atoms with E-state index in [-0.39, 0.29) is 11.5 Å². The number of fused-ring (bicyclic) bond motifs is 1. The predicted octanol–water partition coefficient (Wildman–Crippen LogP) is 3.32. The highest BCUT2D eigenvalue weighted by Crippen LogP contribution is 2.34. The van der Waals surface area contributed by atoms with Crippen molar-refractivity contribution in [3.63, 3.8) is 0 Å². The molecule has 3 aromatic rings. The molecule has 30 heavy (non-hydrogen) atoms. The van der Waals surface area contributed by atoms with Gasteiger partial charge in [-0.25, -0.2) is 0 Å². The number of hydrogen-bond acceptors (Lipinski definition) is 6. The Morgan fingerprint density at radius 1 is 1.17 bits per heavy atom. The minimum absolute atomic E-state index is 0.114. The Bertz CT molecular complexity index is 1050. The molecule has 2 fully saturated rings. The lowest BCUT2D eigenvalue weighted by Crippen LogP contribution is -2.52.